The first-order valence-corrected chi connectivity index (χ1v) is 12.7. The summed E-state index contributed by atoms with van der Waals surface area (Å²) in [6.45, 7) is 3.62. The molecule has 0 fully saturated rings. The van der Waals surface area contributed by atoms with Crippen LogP contribution in [0, 0.1) is 6.92 Å². The zero-order chi connectivity index (χ0) is 22.8. The second-order valence-electron chi connectivity index (χ2n) is 7.61. The Kier molecular flexibility index (Phi) is 11.7. The molecule has 0 aliphatic rings. The van der Waals surface area contributed by atoms with Crippen molar-refractivity contribution < 1.29 is 32.6 Å². The Hall–Kier alpha value is -1.60. The van der Waals surface area contributed by atoms with Crippen LogP contribution >= 0.6 is 11.6 Å². The summed E-state index contributed by atoms with van der Waals surface area (Å²) in [5, 5.41) is 2.98. The Balaban J connectivity index is 0.00000385. The molecule has 5 nitrogen and oxygen atoms in total. The van der Waals surface area contributed by atoms with Gasteiger partial charge < -0.3 is 10.1 Å². The van der Waals surface area contributed by atoms with E-state index in [1.54, 1.807) is 0 Å². The molecule has 0 bridgehead atoms. The van der Waals surface area contributed by atoms with Crippen molar-refractivity contribution in [1.29, 1.82) is 0 Å². The molecule has 0 unspecified atom stereocenters. The van der Waals surface area contributed by atoms with Crippen molar-refractivity contribution in [3.63, 3.8) is 0 Å². The Morgan fingerprint density at radius 2 is 1.39 bits per heavy atom. The molecule has 33 heavy (non-hydrogen) atoms. The van der Waals surface area contributed by atoms with E-state index in [1.165, 1.54) is 5.56 Å². The first-order valence-electron chi connectivity index (χ1n) is 10.5. The maximum atomic E-state index is 12.4. The SMILES string of the molecule is Cc1ccc(COCCN[C@@H](c2ccccc2)[C@@H](NS(=O)(=O)CCl)c2ccccc2)cc1.[Ru+2]. The predicted molar refractivity (Wildman–Crippen MR) is 130 cm³/mol. The number of ether oxygens (including phenoxy) is 1. The molecule has 2 N–H and O–H groups in total. The number of rotatable bonds is 12. The summed E-state index contributed by atoms with van der Waals surface area (Å²) in [5.41, 5.74) is 4.15. The number of aryl methyl sites for hydroxylation is 1. The van der Waals surface area contributed by atoms with E-state index in [2.05, 4.69) is 41.2 Å². The van der Waals surface area contributed by atoms with Gasteiger partial charge in [-0.2, -0.15) is 0 Å². The largest absolute Gasteiger partial charge is 2.00 e. The minimum atomic E-state index is -3.65. The molecule has 8 heteroatoms. The van der Waals surface area contributed by atoms with Gasteiger partial charge in [0.2, 0.25) is 10.0 Å². The molecule has 0 aliphatic heterocycles. The number of sulfonamides is 1. The maximum Gasteiger partial charge on any atom is 2.00 e. The molecule has 3 aromatic rings. The van der Waals surface area contributed by atoms with Gasteiger partial charge >= 0.3 is 19.5 Å². The van der Waals surface area contributed by atoms with E-state index < -0.39 is 21.3 Å². The topological polar surface area (TPSA) is 67.4 Å². The molecule has 0 spiro atoms. The van der Waals surface area contributed by atoms with Gasteiger partial charge in [-0.1, -0.05) is 90.5 Å². The van der Waals surface area contributed by atoms with Gasteiger partial charge in [0.25, 0.3) is 0 Å². The van der Waals surface area contributed by atoms with Gasteiger partial charge in [0.1, 0.15) is 5.21 Å². The molecule has 0 amide bonds. The van der Waals surface area contributed by atoms with E-state index in [0.717, 1.165) is 16.7 Å². The third-order valence-corrected chi connectivity index (χ3v) is 6.86. The molecule has 0 heterocycles. The van der Waals surface area contributed by atoms with E-state index >= 15 is 0 Å². The minimum Gasteiger partial charge on any atom is -0.375 e. The third-order valence-electron chi connectivity index (χ3n) is 5.10. The van der Waals surface area contributed by atoms with E-state index in [4.69, 9.17) is 16.3 Å². The van der Waals surface area contributed by atoms with Gasteiger partial charge in [0, 0.05) is 6.54 Å². The maximum absolute atomic E-state index is 12.4. The van der Waals surface area contributed by atoms with Crippen molar-refractivity contribution in [2.75, 3.05) is 18.4 Å². The zero-order valence-electron chi connectivity index (χ0n) is 18.4. The van der Waals surface area contributed by atoms with Gasteiger partial charge in [-0.3, -0.25) is 0 Å². The normalized spacial score (nSPS) is 13.2. The summed E-state index contributed by atoms with van der Waals surface area (Å²) >= 11 is 5.70. The number of nitrogens with one attached hydrogen (secondary N) is 2. The van der Waals surface area contributed by atoms with Gasteiger partial charge in [-0.05, 0) is 23.6 Å². The van der Waals surface area contributed by atoms with Crippen LogP contribution in [0.3, 0.4) is 0 Å². The minimum absolute atomic E-state index is 0. The van der Waals surface area contributed by atoms with Crippen LogP contribution in [0.4, 0.5) is 0 Å². The van der Waals surface area contributed by atoms with Gasteiger partial charge in [-0.15, -0.1) is 11.6 Å². The number of halogens is 1. The standard InChI is InChI=1S/C25H29ClN2O3S.Ru/c1-20-12-14-21(15-13-20)18-31-17-16-27-24(22-8-4-2-5-9-22)25(28-32(29,30)19-26)23-10-6-3-7-11-23;/h2-15,24-25,27-28H,16-19H2,1H3;/q;+2/t24-,25-;/m0./s1. The average molecular weight is 574 g/mol. The van der Waals surface area contributed by atoms with Crippen LogP contribution in [0.25, 0.3) is 0 Å². The predicted octanol–water partition coefficient (Wildman–Crippen LogP) is 4.70. The summed E-state index contributed by atoms with van der Waals surface area (Å²) in [6, 6.07) is 26.7. The molecular formula is C25H29ClN2O3RuS+2. The number of hydrogen-bond donors (Lipinski definition) is 2. The first-order chi connectivity index (χ1) is 15.5. The van der Waals surface area contributed by atoms with Crippen LogP contribution in [-0.4, -0.2) is 26.8 Å². The summed E-state index contributed by atoms with van der Waals surface area (Å²) in [7, 11) is -3.65. The molecular weight excluding hydrogens is 545 g/mol. The van der Waals surface area contributed by atoms with Gasteiger partial charge in [-0.25, -0.2) is 13.1 Å². The van der Waals surface area contributed by atoms with E-state index in [-0.39, 0.29) is 25.5 Å². The molecule has 0 saturated carbocycles. The van der Waals surface area contributed by atoms with Crippen LogP contribution in [0.15, 0.2) is 84.9 Å². The zero-order valence-corrected chi connectivity index (χ0v) is 21.7. The van der Waals surface area contributed by atoms with Crippen molar-refractivity contribution in [3.8, 4) is 0 Å². The monoisotopic (exact) mass is 574 g/mol. The van der Waals surface area contributed by atoms with Crippen molar-refractivity contribution in [3.05, 3.63) is 107 Å². The molecule has 0 aliphatic carbocycles. The van der Waals surface area contributed by atoms with E-state index in [0.29, 0.717) is 19.8 Å². The van der Waals surface area contributed by atoms with Crippen LogP contribution < -0.4 is 10.0 Å². The van der Waals surface area contributed by atoms with Crippen LogP contribution in [0.5, 0.6) is 0 Å². The van der Waals surface area contributed by atoms with Crippen molar-refractivity contribution >= 4 is 21.6 Å². The summed E-state index contributed by atoms with van der Waals surface area (Å²) in [5.74, 6) is 0. The third kappa shape index (κ3) is 8.93. The smallest absolute Gasteiger partial charge is 0.375 e. The fourth-order valence-electron chi connectivity index (χ4n) is 3.46. The molecule has 0 saturated heterocycles. The fraction of sp³-hybridized carbons (Fsp3) is 0.280. The van der Waals surface area contributed by atoms with E-state index in [1.807, 2.05) is 60.7 Å². The quantitative estimate of drug-likeness (QED) is 0.187. The fourth-order valence-corrected chi connectivity index (χ4v) is 4.37. The summed E-state index contributed by atoms with van der Waals surface area (Å²) in [6.07, 6.45) is 0. The number of hydrogen-bond acceptors (Lipinski definition) is 4. The van der Waals surface area contributed by atoms with Crippen LogP contribution in [0.1, 0.15) is 34.3 Å². The van der Waals surface area contributed by atoms with E-state index in [9.17, 15) is 8.42 Å². The number of alkyl halides is 1. The van der Waals surface area contributed by atoms with Gasteiger partial charge in [0.15, 0.2) is 0 Å². The first kappa shape index (κ1) is 27.6. The van der Waals surface area contributed by atoms with Crippen molar-refractivity contribution in [2.45, 2.75) is 25.6 Å². The second kappa shape index (κ2) is 14.0. The van der Waals surface area contributed by atoms with Gasteiger partial charge in [0.05, 0.1) is 25.3 Å². The summed E-state index contributed by atoms with van der Waals surface area (Å²) < 4.78 is 33.4. The van der Waals surface area contributed by atoms with Crippen molar-refractivity contribution in [1.82, 2.24) is 10.0 Å². The molecule has 176 valence electrons. The second-order valence-corrected chi connectivity index (χ2v) is 9.95. The summed E-state index contributed by atoms with van der Waals surface area (Å²) in [4.78, 5) is 0. The molecule has 3 rings (SSSR count). The van der Waals surface area contributed by atoms with Crippen LogP contribution in [-0.2, 0) is 40.8 Å². The molecule has 3 aromatic carbocycles. The van der Waals surface area contributed by atoms with Crippen molar-refractivity contribution in [2.24, 2.45) is 0 Å². The molecule has 0 aromatic heterocycles. The van der Waals surface area contributed by atoms with Crippen LogP contribution in [0.2, 0.25) is 0 Å². The average Bonchev–Trinajstić information content (AvgIpc) is 2.82. The Morgan fingerprint density at radius 1 is 0.848 bits per heavy atom. The molecule has 2 atom stereocenters. The molecule has 0 radical (unpaired) electrons. The Labute approximate surface area is 214 Å². The number of benzene rings is 3. The Morgan fingerprint density at radius 3 is 1.94 bits per heavy atom. The Bertz CT molecular complexity index is 1050.